The molecule has 0 fully saturated rings. The van der Waals surface area contributed by atoms with Crippen molar-refractivity contribution in [2.75, 3.05) is 7.05 Å². The first-order valence-corrected chi connectivity index (χ1v) is 6.14. The van der Waals surface area contributed by atoms with Crippen molar-refractivity contribution in [3.63, 3.8) is 0 Å². The standard InChI is InChI=1S/C15H17FN2O/c1-10-4-5-14(11(2)6-10)19-15-12(8-17-3)7-13(16)9-18-15/h4-7,9,17H,8H2,1-3H3. The molecule has 0 atom stereocenters. The van der Waals surface area contributed by atoms with Gasteiger partial charge in [-0.25, -0.2) is 9.37 Å². The lowest BCUT2D eigenvalue weighted by Crippen LogP contribution is -2.08. The summed E-state index contributed by atoms with van der Waals surface area (Å²) in [6, 6.07) is 7.35. The van der Waals surface area contributed by atoms with Gasteiger partial charge < -0.3 is 10.1 Å². The smallest absolute Gasteiger partial charge is 0.223 e. The van der Waals surface area contributed by atoms with E-state index in [1.807, 2.05) is 32.0 Å². The third-order valence-corrected chi connectivity index (χ3v) is 2.80. The molecule has 1 aromatic heterocycles. The fourth-order valence-corrected chi connectivity index (χ4v) is 1.90. The maximum atomic E-state index is 13.2. The van der Waals surface area contributed by atoms with Crippen molar-refractivity contribution >= 4 is 0 Å². The van der Waals surface area contributed by atoms with Crippen LogP contribution in [0.15, 0.2) is 30.5 Å². The van der Waals surface area contributed by atoms with Gasteiger partial charge in [-0.15, -0.1) is 0 Å². The molecule has 0 unspecified atom stereocenters. The van der Waals surface area contributed by atoms with Gasteiger partial charge in [0.2, 0.25) is 5.88 Å². The van der Waals surface area contributed by atoms with E-state index < -0.39 is 0 Å². The molecule has 0 spiro atoms. The molecule has 0 saturated heterocycles. The zero-order chi connectivity index (χ0) is 13.8. The summed E-state index contributed by atoms with van der Waals surface area (Å²) >= 11 is 0. The number of aryl methyl sites for hydroxylation is 2. The Hall–Kier alpha value is -1.94. The molecular formula is C15H17FN2O. The second kappa shape index (κ2) is 5.80. The Kier molecular flexibility index (Phi) is 4.12. The van der Waals surface area contributed by atoms with Crippen molar-refractivity contribution in [3.8, 4) is 11.6 Å². The third-order valence-electron chi connectivity index (χ3n) is 2.80. The van der Waals surface area contributed by atoms with Crippen LogP contribution in [-0.2, 0) is 6.54 Å². The minimum Gasteiger partial charge on any atom is -0.438 e. The van der Waals surface area contributed by atoms with Gasteiger partial charge >= 0.3 is 0 Å². The van der Waals surface area contributed by atoms with Crippen LogP contribution < -0.4 is 10.1 Å². The van der Waals surface area contributed by atoms with Crippen LogP contribution in [-0.4, -0.2) is 12.0 Å². The average molecular weight is 260 g/mol. The predicted octanol–water partition coefficient (Wildman–Crippen LogP) is 3.35. The summed E-state index contributed by atoms with van der Waals surface area (Å²) < 4.78 is 19.0. The Bertz CT molecular complexity index is 584. The molecule has 1 aromatic carbocycles. The van der Waals surface area contributed by atoms with Crippen LogP contribution in [0.3, 0.4) is 0 Å². The molecular weight excluding hydrogens is 243 g/mol. The molecule has 1 heterocycles. The summed E-state index contributed by atoms with van der Waals surface area (Å²) in [4.78, 5) is 4.02. The van der Waals surface area contributed by atoms with Gasteiger partial charge in [-0.3, -0.25) is 0 Å². The zero-order valence-corrected chi connectivity index (χ0v) is 11.3. The topological polar surface area (TPSA) is 34.2 Å². The second-order valence-corrected chi connectivity index (χ2v) is 4.52. The highest BCUT2D eigenvalue weighted by atomic mass is 19.1. The third kappa shape index (κ3) is 3.29. The summed E-state index contributed by atoms with van der Waals surface area (Å²) in [7, 11) is 1.80. The first-order valence-electron chi connectivity index (χ1n) is 6.14. The van der Waals surface area contributed by atoms with E-state index in [1.54, 1.807) is 7.05 Å². The van der Waals surface area contributed by atoms with E-state index in [9.17, 15) is 4.39 Å². The molecule has 3 nitrogen and oxygen atoms in total. The van der Waals surface area contributed by atoms with Gasteiger partial charge in [-0.2, -0.15) is 0 Å². The Morgan fingerprint density at radius 3 is 2.74 bits per heavy atom. The first kappa shape index (κ1) is 13.5. The normalized spacial score (nSPS) is 10.5. The van der Waals surface area contributed by atoms with Crippen molar-refractivity contribution in [3.05, 3.63) is 53.0 Å². The highest BCUT2D eigenvalue weighted by Gasteiger charge is 2.09. The SMILES string of the molecule is CNCc1cc(F)cnc1Oc1ccc(C)cc1C. The zero-order valence-electron chi connectivity index (χ0n) is 11.3. The second-order valence-electron chi connectivity index (χ2n) is 4.52. The molecule has 4 heteroatoms. The lowest BCUT2D eigenvalue weighted by Gasteiger charge is -2.12. The molecule has 0 aliphatic carbocycles. The van der Waals surface area contributed by atoms with Crippen LogP contribution in [0.2, 0.25) is 0 Å². The van der Waals surface area contributed by atoms with Gasteiger partial charge in [0.25, 0.3) is 0 Å². The van der Waals surface area contributed by atoms with E-state index in [0.717, 1.165) is 17.5 Å². The molecule has 100 valence electrons. The fourth-order valence-electron chi connectivity index (χ4n) is 1.90. The maximum Gasteiger partial charge on any atom is 0.223 e. The van der Waals surface area contributed by atoms with Gasteiger partial charge in [0.05, 0.1) is 6.20 Å². The van der Waals surface area contributed by atoms with Gasteiger partial charge in [-0.05, 0) is 38.6 Å². The largest absolute Gasteiger partial charge is 0.438 e. The van der Waals surface area contributed by atoms with E-state index in [2.05, 4.69) is 10.3 Å². The van der Waals surface area contributed by atoms with Crippen molar-refractivity contribution in [1.29, 1.82) is 0 Å². The number of hydrogen-bond donors (Lipinski definition) is 1. The van der Waals surface area contributed by atoms with E-state index in [0.29, 0.717) is 18.0 Å². The van der Waals surface area contributed by atoms with Gasteiger partial charge in [0, 0.05) is 12.1 Å². The van der Waals surface area contributed by atoms with E-state index >= 15 is 0 Å². The lowest BCUT2D eigenvalue weighted by atomic mass is 10.1. The van der Waals surface area contributed by atoms with E-state index in [1.165, 1.54) is 11.6 Å². The van der Waals surface area contributed by atoms with Crippen LogP contribution in [0.1, 0.15) is 16.7 Å². The number of ether oxygens (including phenoxy) is 1. The Balaban J connectivity index is 2.32. The minimum absolute atomic E-state index is 0.363. The summed E-state index contributed by atoms with van der Waals surface area (Å²) in [5.41, 5.74) is 2.90. The van der Waals surface area contributed by atoms with Gasteiger partial charge in [0.15, 0.2) is 0 Å². The Labute approximate surface area is 112 Å². The van der Waals surface area contributed by atoms with Crippen LogP contribution >= 0.6 is 0 Å². The average Bonchev–Trinajstić information content (AvgIpc) is 2.36. The quantitative estimate of drug-likeness (QED) is 0.915. The first-order chi connectivity index (χ1) is 9.10. The lowest BCUT2D eigenvalue weighted by molar-refractivity contribution is 0.446. The molecule has 0 aliphatic rings. The van der Waals surface area contributed by atoms with Crippen molar-refractivity contribution in [1.82, 2.24) is 10.3 Å². The molecule has 2 aromatic rings. The van der Waals surface area contributed by atoms with Gasteiger partial charge in [0.1, 0.15) is 11.6 Å². The molecule has 0 bridgehead atoms. The summed E-state index contributed by atoms with van der Waals surface area (Å²) in [5, 5.41) is 2.97. The number of nitrogens with one attached hydrogen (secondary N) is 1. The number of benzene rings is 1. The van der Waals surface area contributed by atoms with Crippen molar-refractivity contribution < 1.29 is 9.13 Å². The number of hydrogen-bond acceptors (Lipinski definition) is 3. The highest BCUT2D eigenvalue weighted by Crippen LogP contribution is 2.27. The monoisotopic (exact) mass is 260 g/mol. The molecule has 0 saturated carbocycles. The molecule has 1 N–H and O–H groups in total. The maximum absolute atomic E-state index is 13.2. The van der Waals surface area contributed by atoms with Crippen LogP contribution in [0.25, 0.3) is 0 Å². The van der Waals surface area contributed by atoms with Crippen molar-refractivity contribution in [2.24, 2.45) is 0 Å². The van der Waals surface area contributed by atoms with Gasteiger partial charge in [-0.1, -0.05) is 17.7 Å². The number of halogens is 1. The minimum atomic E-state index is -0.363. The molecule has 19 heavy (non-hydrogen) atoms. The van der Waals surface area contributed by atoms with Crippen LogP contribution in [0.4, 0.5) is 4.39 Å². The number of aromatic nitrogens is 1. The fraction of sp³-hybridized carbons (Fsp3) is 0.267. The predicted molar refractivity (Wildman–Crippen MR) is 72.9 cm³/mol. The Morgan fingerprint density at radius 2 is 2.05 bits per heavy atom. The molecule has 0 amide bonds. The van der Waals surface area contributed by atoms with Crippen LogP contribution in [0.5, 0.6) is 11.6 Å². The summed E-state index contributed by atoms with van der Waals surface area (Å²) in [6.07, 6.45) is 1.16. The Morgan fingerprint density at radius 1 is 1.26 bits per heavy atom. The van der Waals surface area contributed by atoms with E-state index in [-0.39, 0.29) is 5.82 Å². The van der Waals surface area contributed by atoms with Crippen molar-refractivity contribution in [2.45, 2.75) is 20.4 Å². The summed E-state index contributed by atoms with van der Waals surface area (Å²) in [5.74, 6) is 0.808. The highest BCUT2D eigenvalue weighted by molar-refractivity contribution is 5.39. The molecule has 2 rings (SSSR count). The number of pyridine rings is 1. The molecule has 0 radical (unpaired) electrons. The van der Waals surface area contributed by atoms with Crippen LogP contribution in [0, 0.1) is 19.7 Å². The number of nitrogens with zero attached hydrogens (tertiary/aromatic N) is 1. The molecule has 0 aliphatic heterocycles. The van der Waals surface area contributed by atoms with E-state index in [4.69, 9.17) is 4.74 Å². The number of rotatable bonds is 4. The summed E-state index contributed by atoms with van der Waals surface area (Å²) in [6.45, 7) is 4.51.